The number of piperidine rings is 1. The Kier molecular flexibility index (Phi) is 2.73. The minimum absolute atomic E-state index is 0.00164. The number of likely N-dealkylation sites (N-methyl/N-ethyl adjacent to an activating group) is 1. The van der Waals surface area contributed by atoms with Gasteiger partial charge in [-0.3, -0.25) is 0 Å². The summed E-state index contributed by atoms with van der Waals surface area (Å²) >= 11 is 0. The van der Waals surface area contributed by atoms with Gasteiger partial charge in [-0.05, 0) is 26.4 Å². The number of likely N-dealkylation sites (tertiary alicyclic amines) is 1. The average molecular weight is 210 g/mol. The highest BCUT2D eigenvalue weighted by atomic mass is 16.5. The van der Waals surface area contributed by atoms with Gasteiger partial charge in [-0.2, -0.15) is 0 Å². The number of aromatic carboxylic acids is 1. The van der Waals surface area contributed by atoms with Gasteiger partial charge in [-0.15, -0.1) is 0 Å². The molecule has 82 valence electrons. The van der Waals surface area contributed by atoms with E-state index in [-0.39, 0.29) is 11.6 Å². The SMILES string of the molecule is CN1CCCC(c2cc(C(=O)O)no2)C1. The molecule has 5 heteroatoms. The first-order chi connectivity index (χ1) is 7.16. The van der Waals surface area contributed by atoms with E-state index in [0.29, 0.717) is 5.76 Å². The van der Waals surface area contributed by atoms with E-state index in [0.717, 1.165) is 25.9 Å². The Morgan fingerprint density at radius 3 is 3.13 bits per heavy atom. The van der Waals surface area contributed by atoms with Crippen LogP contribution < -0.4 is 0 Å². The maximum absolute atomic E-state index is 10.6. The number of nitrogens with zero attached hydrogens (tertiary/aromatic N) is 2. The molecule has 15 heavy (non-hydrogen) atoms. The first-order valence-electron chi connectivity index (χ1n) is 5.05. The highest BCUT2D eigenvalue weighted by Crippen LogP contribution is 2.26. The van der Waals surface area contributed by atoms with Crippen LogP contribution in [-0.2, 0) is 0 Å². The Morgan fingerprint density at radius 2 is 2.53 bits per heavy atom. The summed E-state index contributed by atoms with van der Waals surface area (Å²) < 4.78 is 5.06. The Bertz CT molecular complexity index is 361. The van der Waals surface area contributed by atoms with Crippen molar-refractivity contribution in [3.05, 3.63) is 17.5 Å². The Morgan fingerprint density at radius 1 is 1.73 bits per heavy atom. The van der Waals surface area contributed by atoms with Gasteiger partial charge in [0.2, 0.25) is 0 Å². The zero-order chi connectivity index (χ0) is 10.8. The minimum atomic E-state index is -1.03. The van der Waals surface area contributed by atoms with Crippen LogP contribution >= 0.6 is 0 Å². The first kappa shape index (κ1) is 10.2. The van der Waals surface area contributed by atoms with E-state index in [2.05, 4.69) is 17.1 Å². The van der Waals surface area contributed by atoms with E-state index in [4.69, 9.17) is 9.63 Å². The maximum atomic E-state index is 10.6. The fourth-order valence-electron chi connectivity index (χ4n) is 1.98. The predicted molar refractivity (Wildman–Crippen MR) is 52.9 cm³/mol. The second kappa shape index (κ2) is 4.02. The summed E-state index contributed by atoms with van der Waals surface area (Å²) in [5.41, 5.74) is -0.00164. The molecule has 1 aliphatic rings. The van der Waals surface area contributed by atoms with Gasteiger partial charge in [0.05, 0.1) is 0 Å². The molecule has 0 bridgehead atoms. The number of carbonyl (C=O) groups is 1. The van der Waals surface area contributed by atoms with E-state index < -0.39 is 5.97 Å². The molecule has 1 unspecified atom stereocenters. The lowest BCUT2D eigenvalue weighted by atomic mass is 9.96. The second-order valence-corrected chi connectivity index (χ2v) is 4.02. The molecule has 1 atom stereocenters. The molecule has 2 rings (SSSR count). The maximum Gasteiger partial charge on any atom is 0.358 e. The predicted octanol–water partition coefficient (Wildman–Crippen LogP) is 1.18. The molecule has 0 saturated carbocycles. The van der Waals surface area contributed by atoms with Gasteiger partial charge in [0.25, 0.3) is 0 Å². The lowest BCUT2D eigenvalue weighted by molar-refractivity contribution is 0.0685. The van der Waals surface area contributed by atoms with Crippen LogP contribution in [0.5, 0.6) is 0 Å². The third-order valence-corrected chi connectivity index (χ3v) is 2.77. The summed E-state index contributed by atoms with van der Waals surface area (Å²) in [6.45, 7) is 2.00. The number of aromatic nitrogens is 1. The normalized spacial score (nSPS) is 22.9. The Hall–Kier alpha value is -1.36. The summed E-state index contributed by atoms with van der Waals surface area (Å²) in [4.78, 5) is 12.8. The van der Waals surface area contributed by atoms with Crippen LogP contribution in [0.1, 0.15) is 35.0 Å². The summed E-state index contributed by atoms with van der Waals surface area (Å²) in [5.74, 6) is -0.0579. The zero-order valence-electron chi connectivity index (χ0n) is 8.64. The van der Waals surface area contributed by atoms with Crippen LogP contribution in [0.15, 0.2) is 10.6 Å². The van der Waals surface area contributed by atoms with Crippen molar-refractivity contribution in [3.8, 4) is 0 Å². The lowest BCUT2D eigenvalue weighted by Gasteiger charge is -2.27. The van der Waals surface area contributed by atoms with Gasteiger partial charge < -0.3 is 14.5 Å². The van der Waals surface area contributed by atoms with Crippen LogP contribution in [-0.4, -0.2) is 41.3 Å². The average Bonchev–Trinajstić information content (AvgIpc) is 2.66. The highest BCUT2D eigenvalue weighted by molar-refractivity contribution is 5.85. The van der Waals surface area contributed by atoms with Crippen LogP contribution in [0.3, 0.4) is 0 Å². The van der Waals surface area contributed by atoms with Crippen LogP contribution in [0.25, 0.3) is 0 Å². The smallest absolute Gasteiger partial charge is 0.358 e. The van der Waals surface area contributed by atoms with E-state index >= 15 is 0 Å². The van der Waals surface area contributed by atoms with Crippen molar-refractivity contribution in [2.24, 2.45) is 0 Å². The molecule has 1 aliphatic heterocycles. The number of rotatable bonds is 2. The van der Waals surface area contributed by atoms with Crippen LogP contribution in [0.2, 0.25) is 0 Å². The number of hydrogen-bond acceptors (Lipinski definition) is 4. The Balaban J connectivity index is 2.11. The summed E-state index contributed by atoms with van der Waals surface area (Å²) in [7, 11) is 2.06. The summed E-state index contributed by atoms with van der Waals surface area (Å²) in [5, 5.41) is 12.2. The molecule has 1 saturated heterocycles. The van der Waals surface area contributed by atoms with Gasteiger partial charge in [0, 0.05) is 18.5 Å². The quantitative estimate of drug-likeness (QED) is 0.794. The number of carboxylic acid groups (broad SMARTS) is 1. The first-order valence-corrected chi connectivity index (χ1v) is 5.05. The van der Waals surface area contributed by atoms with E-state index in [1.807, 2.05) is 0 Å². The standard InChI is InChI=1S/C10H14N2O3/c1-12-4-2-3-7(6-12)9-5-8(10(13)14)11-15-9/h5,7H,2-4,6H2,1H3,(H,13,14). The highest BCUT2D eigenvalue weighted by Gasteiger charge is 2.23. The van der Waals surface area contributed by atoms with Crippen molar-refractivity contribution in [2.75, 3.05) is 20.1 Å². The van der Waals surface area contributed by atoms with Gasteiger partial charge in [0.15, 0.2) is 5.69 Å². The molecule has 1 fully saturated rings. The fourth-order valence-corrected chi connectivity index (χ4v) is 1.98. The van der Waals surface area contributed by atoms with Crippen molar-refractivity contribution in [1.29, 1.82) is 0 Å². The number of hydrogen-bond donors (Lipinski definition) is 1. The van der Waals surface area contributed by atoms with Gasteiger partial charge >= 0.3 is 5.97 Å². The molecule has 1 aromatic heterocycles. The van der Waals surface area contributed by atoms with E-state index in [1.165, 1.54) is 6.07 Å². The molecule has 0 spiro atoms. The largest absolute Gasteiger partial charge is 0.476 e. The van der Waals surface area contributed by atoms with Crippen molar-refractivity contribution < 1.29 is 14.4 Å². The van der Waals surface area contributed by atoms with Gasteiger partial charge in [-0.1, -0.05) is 5.16 Å². The van der Waals surface area contributed by atoms with E-state index in [9.17, 15) is 4.79 Å². The molecule has 1 aromatic rings. The lowest BCUT2D eigenvalue weighted by Crippen LogP contribution is -2.30. The van der Waals surface area contributed by atoms with Gasteiger partial charge in [-0.25, -0.2) is 4.79 Å². The number of carboxylic acids is 1. The molecule has 1 N–H and O–H groups in total. The molecule has 0 aliphatic carbocycles. The molecule has 5 nitrogen and oxygen atoms in total. The zero-order valence-corrected chi connectivity index (χ0v) is 8.64. The topological polar surface area (TPSA) is 66.6 Å². The second-order valence-electron chi connectivity index (χ2n) is 4.02. The van der Waals surface area contributed by atoms with Crippen molar-refractivity contribution in [3.63, 3.8) is 0 Å². The minimum Gasteiger partial charge on any atom is -0.476 e. The van der Waals surface area contributed by atoms with Crippen molar-refractivity contribution in [1.82, 2.24) is 10.1 Å². The summed E-state index contributed by atoms with van der Waals surface area (Å²) in [6, 6.07) is 1.53. The molecule has 0 radical (unpaired) electrons. The molecule has 0 amide bonds. The molecule has 2 heterocycles. The van der Waals surface area contributed by atoms with E-state index in [1.54, 1.807) is 0 Å². The third-order valence-electron chi connectivity index (χ3n) is 2.77. The summed E-state index contributed by atoms with van der Waals surface area (Å²) in [6.07, 6.45) is 2.16. The van der Waals surface area contributed by atoms with Crippen LogP contribution in [0.4, 0.5) is 0 Å². The molecular formula is C10H14N2O3. The van der Waals surface area contributed by atoms with Crippen molar-refractivity contribution in [2.45, 2.75) is 18.8 Å². The monoisotopic (exact) mass is 210 g/mol. The fraction of sp³-hybridized carbons (Fsp3) is 0.600. The third kappa shape index (κ3) is 2.18. The van der Waals surface area contributed by atoms with Gasteiger partial charge in [0.1, 0.15) is 5.76 Å². The van der Waals surface area contributed by atoms with Crippen molar-refractivity contribution >= 4 is 5.97 Å². The Labute approximate surface area is 87.7 Å². The molecular weight excluding hydrogens is 196 g/mol. The molecule has 0 aromatic carbocycles. The van der Waals surface area contributed by atoms with Crippen LogP contribution in [0, 0.1) is 0 Å².